The highest BCUT2D eigenvalue weighted by Gasteiger charge is 2.24. The molecule has 0 aliphatic carbocycles. The predicted octanol–water partition coefficient (Wildman–Crippen LogP) is 3.63. The Morgan fingerprint density at radius 1 is 1.14 bits per heavy atom. The number of carbonyl (C=O) groups is 1. The third kappa shape index (κ3) is 5.38. The molecule has 2 heterocycles. The number of hydrogen-bond donors (Lipinski definition) is 1. The van der Waals surface area contributed by atoms with E-state index < -0.39 is 5.54 Å². The Hall–Kier alpha value is -2.81. The highest BCUT2D eigenvalue weighted by atomic mass is 32.2. The molecule has 2 aromatic heterocycles. The quantitative estimate of drug-likeness (QED) is 0.507. The number of nitrogens with zero attached hydrogens (tertiary/aromatic N) is 5. The fourth-order valence-electron chi connectivity index (χ4n) is 2.69. The Balaban J connectivity index is 1.97. The average Bonchev–Trinajstić information content (AvgIpc) is 3.02. The summed E-state index contributed by atoms with van der Waals surface area (Å²) in [6, 6.07) is 7.77. The molecule has 0 spiro atoms. The second-order valence-corrected chi connectivity index (χ2v) is 8.64. The van der Waals surface area contributed by atoms with E-state index in [1.807, 2.05) is 40.7 Å². The predicted molar refractivity (Wildman–Crippen MR) is 110 cm³/mol. The van der Waals surface area contributed by atoms with Crippen molar-refractivity contribution in [3.8, 4) is 5.69 Å². The lowest BCUT2D eigenvalue weighted by Gasteiger charge is -2.20. The van der Waals surface area contributed by atoms with Crippen molar-refractivity contribution in [2.45, 2.75) is 51.1 Å². The van der Waals surface area contributed by atoms with Crippen molar-refractivity contribution in [2.24, 2.45) is 0 Å². The van der Waals surface area contributed by atoms with Crippen LogP contribution in [-0.4, -0.2) is 36.4 Å². The van der Waals surface area contributed by atoms with Gasteiger partial charge in [-0.05, 0) is 65.0 Å². The largest absolute Gasteiger partial charge is 0.346 e. The molecule has 0 aliphatic rings. The molecule has 29 heavy (non-hydrogen) atoms. The number of aromatic nitrogens is 5. The minimum absolute atomic E-state index is 0.223. The van der Waals surface area contributed by atoms with Gasteiger partial charge < -0.3 is 5.32 Å². The Morgan fingerprint density at radius 3 is 2.34 bits per heavy atom. The lowest BCUT2D eigenvalue weighted by atomic mass is 10.1. The summed E-state index contributed by atoms with van der Waals surface area (Å²) in [5, 5.41) is 11.8. The SMILES string of the molecule is Cc1cc(C)nc(SCc2c(C(=O)NC(C)(C)C)nnn2-c2ccc(F)cc2)n1. The number of amides is 1. The van der Waals surface area contributed by atoms with E-state index in [4.69, 9.17) is 0 Å². The van der Waals surface area contributed by atoms with E-state index in [9.17, 15) is 9.18 Å². The van der Waals surface area contributed by atoms with Crippen LogP contribution in [0.1, 0.15) is 48.3 Å². The van der Waals surface area contributed by atoms with Gasteiger partial charge in [0.05, 0.1) is 11.4 Å². The molecule has 1 amide bonds. The first kappa shape index (κ1) is 20.9. The first-order valence-electron chi connectivity index (χ1n) is 9.10. The average molecular weight is 415 g/mol. The van der Waals surface area contributed by atoms with E-state index >= 15 is 0 Å². The Bertz CT molecular complexity index is 1010. The highest BCUT2D eigenvalue weighted by molar-refractivity contribution is 7.98. The lowest BCUT2D eigenvalue weighted by Crippen LogP contribution is -2.41. The van der Waals surface area contributed by atoms with Gasteiger partial charge in [-0.3, -0.25) is 4.79 Å². The van der Waals surface area contributed by atoms with Gasteiger partial charge in [0, 0.05) is 22.7 Å². The fraction of sp³-hybridized carbons (Fsp3) is 0.350. The van der Waals surface area contributed by atoms with Crippen LogP contribution in [0.25, 0.3) is 5.69 Å². The summed E-state index contributed by atoms with van der Waals surface area (Å²) in [6.45, 7) is 9.50. The number of thioether (sulfide) groups is 1. The van der Waals surface area contributed by atoms with Crippen LogP contribution in [0.2, 0.25) is 0 Å². The summed E-state index contributed by atoms with van der Waals surface area (Å²) in [5.41, 5.74) is 2.75. The summed E-state index contributed by atoms with van der Waals surface area (Å²) < 4.78 is 14.9. The standard InChI is InChI=1S/C20H23FN6OS/c1-12-10-13(2)23-19(22-12)29-11-16-17(18(28)24-20(3,4)5)25-26-27(16)15-8-6-14(21)7-9-15/h6-10H,11H2,1-5H3,(H,24,28). The van der Waals surface area contributed by atoms with Crippen LogP contribution < -0.4 is 5.32 Å². The molecule has 1 aromatic carbocycles. The number of benzene rings is 1. The van der Waals surface area contributed by atoms with E-state index in [2.05, 4.69) is 25.6 Å². The molecule has 0 unspecified atom stereocenters. The van der Waals surface area contributed by atoms with E-state index in [1.54, 1.807) is 16.8 Å². The van der Waals surface area contributed by atoms with Gasteiger partial charge in [-0.25, -0.2) is 19.0 Å². The Kier molecular flexibility index (Phi) is 5.97. The molecule has 0 atom stereocenters. The zero-order chi connectivity index (χ0) is 21.2. The number of rotatable bonds is 5. The molecule has 9 heteroatoms. The van der Waals surface area contributed by atoms with Gasteiger partial charge in [0.1, 0.15) is 5.82 Å². The van der Waals surface area contributed by atoms with Crippen LogP contribution in [0.5, 0.6) is 0 Å². The van der Waals surface area contributed by atoms with Gasteiger partial charge in [-0.1, -0.05) is 17.0 Å². The molecule has 152 valence electrons. The Labute approximate surface area is 173 Å². The second kappa shape index (κ2) is 8.28. The molecule has 0 bridgehead atoms. The molecule has 3 rings (SSSR count). The minimum atomic E-state index is -0.419. The van der Waals surface area contributed by atoms with Crippen molar-refractivity contribution in [2.75, 3.05) is 0 Å². The van der Waals surface area contributed by atoms with Gasteiger partial charge >= 0.3 is 0 Å². The maximum atomic E-state index is 13.3. The van der Waals surface area contributed by atoms with Crippen molar-refractivity contribution in [3.05, 3.63) is 58.9 Å². The maximum absolute atomic E-state index is 13.3. The molecule has 0 radical (unpaired) electrons. The molecular formula is C20H23FN6OS. The smallest absolute Gasteiger partial charge is 0.274 e. The summed E-state index contributed by atoms with van der Waals surface area (Å²) in [5.74, 6) is -0.290. The van der Waals surface area contributed by atoms with Crippen molar-refractivity contribution in [1.29, 1.82) is 0 Å². The number of halogens is 1. The van der Waals surface area contributed by atoms with E-state index in [0.717, 1.165) is 11.4 Å². The van der Waals surface area contributed by atoms with Crippen LogP contribution in [-0.2, 0) is 5.75 Å². The summed E-state index contributed by atoms with van der Waals surface area (Å²) in [7, 11) is 0. The number of aryl methyl sites for hydroxylation is 2. The van der Waals surface area contributed by atoms with Crippen molar-refractivity contribution < 1.29 is 9.18 Å². The van der Waals surface area contributed by atoms with Gasteiger partial charge in [-0.2, -0.15) is 0 Å². The van der Waals surface area contributed by atoms with Crippen LogP contribution in [0, 0.1) is 19.7 Å². The van der Waals surface area contributed by atoms with Crippen LogP contribution in [0.4, 0.5) is 4.39 Å². The molecule has 3 aromatic rings. The Morgan fingerprint density at radius 2 is 1.76 bits per heavy atom. The van der Waals surface area contributed by atoms with E-state index in [-0.39, 0.29) is 17.4 Å². The topological polar surface area (TPSA) is 85.6 Å². The molecule has 0 aliphatic heterocycles. The van der Waals surface area contributed by atoms with Crippen LogP contribution in [0.3, 0.4) is 0 Å². The molecule has 0 saturated carbocycles. The third-order valence-corrected chi connectivity index (χ3v) is 4.70. The van der Waals surface area contributed by atoms with Crippen molar-refractivity contribution in [3.63, 3.8) is 0 Å². The third-order valence-electron chi connectivity index (χ3n) is 3.84. The molecule has 1 N–H and O–H groups in total. The van der Waals surface area contributed by atoms with Gasteiger partial charge in [-0.15, -0.1) is 5.10 Å². The van der Waals surface area contributed by atoms with Gasteiger partial charge in [0.2, 0.25) is 0 Å². The number of nitrogens with one attached hydrogen (secondary N) is 1. The number of hydrogen-bond acceptors (Lipinski definition) is 6. The molecule has 0 saturated heterocycles. The molecular weight excluding hydrogens is 391 g/mol. The zero-order valence-electron chi connectivity index (χ0n) is 17.0. The maximum Gasteiger partial charge on any atom is 0.274 e. The first-order valence-corrected chi connectivity index (χ1v) is 10.1. The molecule has 0 fully saturated rings. The summed E-state index contributed by atoms with van der Waals surface area (Å²) in [4.78, 5) is 21.6. The first-order chi connectivity index (χ1) is 13.6. The monoisotopic (exact) mass is 414 g/mol. The van der Waals surface area contributed by atoms with Gasteiger partial charge in [0.15, 0.2) is 10.9 Å². The normalized spacial score (nSPS) is 11.5. The minimum Gasteiger partial charge on any atom is -0.346 e. The van der Waals surface area contributed by atoms with Crippen molar-refractivity contribution >= 4 is 17.7 Å². The zero-order valence-corrected chi connectivity index (χ0v) is 17.8. The number of carbonyl (C=O) groups excluding carboxylic acids is 1. The van der Waals surface area contributed by atoms with Gasteiger partial charge in [0.25, 0.3) is 5.91 Å². The van der Waals surface area contributed by atoms with E-state index in [1.165, 1.54) is 23.9 Å². The van der Waals surface area contributed by atoms with E-state index in [0.29, 0.717) is 22.3 Å². The summed E-state index contributed by atoms with van der Waals surface area (Å²) in [6.07, 6.45) is 0. The van der Waals surface area contributed by atoms with Crippen LogP contribution in [0.15, 0.2) is 35.5 Å². The fourth-order valence-corrected chi connectivity index (χ4v) is 3.63. The summed E-state index contributed by atoms with van der Waals surface area (Å²) >= 11 is 1.39. The lowest BCUT2D eigenvalue weighted by molar-refractivity contribution is 0.0913. The molecule has 7 nitrogen and oxygen atoms in total. The second-order valence-electron chi connectivity index (χ2n) is 7.70. The van der Waals surface area contributed by atoms with Crippen molar-refractivity contribution in [1.82, 2.24) is 30.3 Å². The van der Waals surface area contributed by atoms with Crippen LogP contribution >= 0.6 is 11.8 Å². The highest BCUT2D eigenvalue weighted by Crippen LogP contribution is 2.24.